The van der Waals surface area contributed by atoms with Crippen LogP contribution >= 0.6 is 0 Å². The van der Waals surface area contributed by atoms with E-state index in [1.165, 1.54) is 29.9 Å². The normalized spacial score (nSPS) is 24.2. The third-order valence-electron chi connectivity index (χ3n) is 3.11. The van der Waals surface area contributed by atoms with Crippen LogP contribution in [0.4, 0.5) is 0 Å². The smallest absolute Gasteiger partial charge is 0.253 e. The molecule has 4 nitrogen and oxygen atoms in total. The van der Waals surface area contributed by atoms with E-state index in [1.54, 1.807) is 0 Å². The van der Waals surface area contributed by atoms with Crippen molar-refractivity contribution in [3.05, 3.63) is 12.2 Å². The summed E-state index contributed by atoms with van der Waals surface area (Å²) in [5.74, 6) is -0.350. The highest BCUT2D eigenvalue weighted by atomic mass is 16.2. The number of nitrogens with zero attached hydrogens (tertiary/aromatic N) is 2. The molecule has 0 spiro atoms. The number of rotatable bonds is 3. The molecule has 2 rings (SSSR count). The predicted octanol–water partition coefficient (Wildman–Crippen LogP) is 0.396. The monoisotopic (exact) mass is 208 g/mol. The molecule has 0 N–H and O–H groups in total. The van der Waals surface area contributed by atoms with E-state index in [-0.39, 0.29) is 17.9 Å². The van der Waals surface area contributed by atoms with Gasteiger partial charge in [0, 0.05) is 24.7 Å². The van der Waals surface area contributed by atoms with E-state index >= 15 is 0 Å². The van der Waals surface area contributed by atoms with E-state index < -0.39 is 0 Å². The molecular formula is C11H16N2O2. The van der Waals surface area contributed by atoms with Crippen molar-refractivity contribution in [2.75, 3.05) is 19.6 Å². The summed E-state index contributed by atoms with van der Waals surface area (Å²) < 4.78 is 0. The first-order chi connectivity index (χ1) is 7.18. The zero-order chi connectivity index (χ0) is 10.8. The summed E-state index contributed by atoms with van der Waals surface area (Å²) in [7, 11) is 0. The first-order valence-electron chi connectivity index (χ1n) is 5.46. The molecule has 1 atom stereocenters. The summed E-state index contributed by atoms with van der Waals surface area (Å²) in [5.41, 5.74) is 0. The Morgan fingerprint density at radius 1 is 1.20 bits per heavy atom. The largest absolute Gasteiger partial charge is 0.299 e. The molecule has 1 fully saturated rings. The van der Waals surface area contributed by atoms with Crippen LogP contribution in [0.3, 0.4) is 0 Å². The van der Waals surface area contributed by atoms with Crippen LogP contribution in [-0.4, -0.2) is 47.3 Å². The lowest BCUT2D eigenvalue weighted by Gasteiger charge is -2.27. The van der Waals surface area contributed by atoms with Gasteiger partial charge in [-0.05, 0) is 32.9 Å². The Hall–Kier alpha value is -1.16. The lowest BCUT2D eigenvalue weighted by Crippen LogP contribution is -2.43. The molecule has 0 bridgehead atoms. The molecule has 0 aromatic rings. The van der Waals surface area contributed by atoms with Crippen molar-refractivity contribution < 1.29 is 9.59 Å². The SMILES string of the molecule is CC(CN1C(=O)C=CC1=O)N1CCCC1. The van der Waals surface area contributed by atoms with Crippen LogP contribution in [0.5, 0.6) is 0 Å². The third kappa shape index (κ3) is 2.09. The highest BCUT2D eigenvalue weighted by molar-refractivity contribution is 6.12. The standard InChI is InChI=1S/C11H16N2O2/c1-9(12-6-2-3-7-12)8-13-10(14)4-5-11(13)15/h4-5,9H,2-3,6-8H2,1H3. The Balaban J connectivity index is 1.91. The van der Waals surface area contributed by atoms with Gasteiger partial charge in [-0.25, -0.2) is 0 Å². The van der Waals surface area contributed by atoms with Gasteiger partial charge in [0.1, 0.15) is 0 Å². The van der Waals surface area contributed by atoms with E-state index in [9.17, 15) is 9.59 Å². The minimum absolute atomic E-state index is 0.175. The lowest BCUT2D eigenvalue weighted by atomic mass is 10.2. The van der Waals surface area contributed by atoms with Crippen molar-refractivity contribution in [1.29, 1.82) is 0 Å². The molecule has 2 aliphatic heterocycles. The van der Waals surface area contributed by atoms with E-state index in [4.69, 9.17) is 0 Å². The Morgan fingerprint density at radius 2 is 1.73 bits per heavy atom. The number of amides is 2. The molecule has 1 saturated heterocycles. The predicted molar refractivity (Wildman–Crippen MR) is 56.1 cm³/mol. The van der Waals surface area contributed by atoms with Crippen molar-refractivity contribution in [2.45, 2.75) is 25.8 Å². The van der Waals surface area contributed by atoms with Gasteiger partial charge < -0.3 is 0 Å². The minimum Gasteiger partial charge on any atom is -0.299 e. The number of carbonyl (C=O) groups excluding carboxylic acids is 2. The Morgan fingerprint density at radius 3 is 2.27 bits per heavy atom. The van der Waals surface area contributed by atoms with Gasteiger partial charge in [-0.3, -0.25) is 19.4 Å². The summed E-state index contributed by atoms with van der Waals surface area (Å²) in [5, 5.41) is 0. The summed E-state index contributed by atoms with van der Waals surface area (Å²) >= 11 is 0. The topological polar surface area (TPSA) is 40.6 Å². The van der Waals surface area contributed by atoms with Gasteiger partial charge in [0.2, 0.25) is 0 Å². The molecule has 82 valence electrons. The summed E-state index contributed by atoms with van der Waals surface area (Å²) in [6.07, 6.45) is 5.15. The average molecular weight is 208 g/mol. The van der Waals surface area contributed by atoms with Gasteiger partial charge in [-0.2, -0.15) is 0 Å². The zero-order valence-corrected chi connectivity index (χ0v) is 8.98. The van der Waals surface area contributed by atoms with Gasteiger partial charge in [0.05, 0.1) is 0 Å². The van der Waals surface area contributed by atoms with Crippen LogP contribution in [0.25, 0.3) is 0 Å². The Bertz CT molecular complexity index is 288. The number of carbonyl (C=O) groups is 2. The fraction of sp³-hybridized carbons (Fsp3) is 0.636. The fourth-order valence-electron chi connectivity index (χ4n) is 2.17. The van der Waals surface area contributed by atoms with Gasteiger partial charge in [0.15, 0.2) is 0 Å². The maximum Gasteiger partial charge on any atom is 0.253 e. The molecule has 0 aromatic heterocycles. The molecule has 2 amide bonds. The second-order valence-electron chi connectivity index (χ2n) is 4.21. The average Bonchev–Trinajstić information content (AvgIpc) is 2.82. The minimum atomic E-state index is -0.175. The van der Waals surface area contributed by atoms with Gasteiger partial charge >= 0.3 is 0 Å². The van der Waals surface area contributed by atoms with Crippen molar-refractivity contribution in [3.63, 3.8) is 0 Å². The van der Waals surface area contributed by atoms with Crippen molar-refractivity contribution in [3.8, 4) is 0 Å². The van der Waals surface area contributed by atoms with E-state index in [1.807, 2.05) is 0 Å². The molecule has 0 saturated carbocycles. The van der Waals surface area contributed by atoms with Crippen LogP contribution < -0.4 is 0 Å². The van der Waals surface area contributed by atoms with Crippen LogP contribution in [0, 0.1) is 0 Å². The van der Waals surface area contributed by atoms with Crippen LogP contribution in [0.15, 0.2) is 12.2 Å². The fourth-order valence-corrected chi connectivity index (χ4v) is 2.17. The van der Waals surface area contributed by atoms with Gasteiger partial charge in [-0.1, -0.05) is 0 Å². The van der Waals surface area contributed by atoms with Gasteiger partial charge in [0.25, 0.3) is 11.8 Å². The highest BCUT2D eigenvalue weighted by Gasteiger charge is 2.27. The number of hydrogen-bond donors (Lipinski definition) is 0. The molecule has 0 aliphatic carbocycles. The molecule has 0 radical (unpaired) electrons. The quantitative estimate of drug-likeness (QED) is 0.630. The summed E-state index contributed by atoms with van der Waals surface area (Å²) in [6, 6.07) is 0.278. The first-order valence-corrected chi connectivity index (χ1v) is 5.46. The van der Waals surface area contributed by atoms with Crippen LogP contribution in [0.2, 0.25) is 0 Å². The number of imide groups is 1. The van der Waals surface area contributed by atoms with Crippen LogP contribution in [0.1, 0.15) is 19.8 Å². The first kappa shape index (κ1) is 10.4. The second-order valence-corrected chi connectivity index (χ2v) is 4.21. The molecule has 15 heavy (non-hydrogen) atoms. The third-order valence-corrected chi connectivity index (χ3v) is 3.11. The van der Waals surface area contributed by atoms with E-state index in [0.29, 0.717) is 6.54 Å². The van der Waals surface area contributed by atoms with Crippen molar-refractivity contribution >= 4 is 11.8 Å². The maximum absolute atomic E-state index is 11.3. The molecular weight excluding hydrogens is 192 g/mol. The van der Waals surface area contributed by atoms with Gasteiger partial charge in [-0.15, -0.1) is 0 Å². The second kappa shape index (κ2) is 4.14. The number of hydrogen-bond acceptors (Lipinski definition) is 3. The molecule has 4 heteroatoms. The maximum atomic E-state index is 11.3. The van der Waals surface area contributed by atoms with Crippen molar-refractivity contribution in [2.24, 2.45) is 0 Å². The Kier molecular flexibility index (Phi) is 2.86. The lowest BCUT2D eigenvalue weighted by molar-refractivity contribution is -0.137. The van der Waals surface area contributed by atoms with Crippen LogP contribution in [-0.2, 0) is 9.59 Å². The molecule has 1 unspecified atom stereocenters. The molecule has 2 heterocycles. The summed E-state index contributed by atoms with van der Waals surface area (Å²) in [4.78, 5) is 26.3. The number of likely N-dealkylation sites (tertiary alicyclic amines) is 1. The van der Waals surface area contributed by atoms with E-state index in [0.717, 1.165) is 13.1 Å². The zero-order valence-electron chi connectivity index (χ0n) is 8.98. The molecule has 0 aromatic carbocycles. The highest BCUT2D eigenvalue weighted by Crippen LogP contribution is 2.14. The Labute approximate surface area is 89.5 Å². The summed E-state index contributed by atoms with van der Waals surface area (Å²) in [6.45, 7) is 4.77. The van der Waals surface area contributed by atoms with E-state index in [2.05, 4.69) is 11.8 Å². The van der Waals surface area contributed by atoms with Crippen molar-refractivity contribution in [1.82, 2.24) is 9.80 Å². The molecule has 2 aliphatic rings.